The number of benzene rings is 5. The predicted octanol–water partition coefficient (Wildman–Crippen LogP) is 11.6. The summed E-state index contributed by atoms with van der Waals surface area (Å²) in [7, 11) is 0. The quantitative estimate of drug-likeness (QED) is 0.140. The van der Waals surface area contributed by atoms with Crippen LogP contribution in [0.25, 0.3) is 86.5 Å². The number of hydrogen-bond donors (Lipinski definition) is 0. The van der Waals surface area contributed by atoms with Crippen LogP contribution in [-0.2, 0) is 17.4 Å². The maximum atomic E-state index is 4.83. The van der Waals surface area contributed by atoms with E-state index < -0.39 is 0 Å². The van der Waals surface area contributed by atoms with E-state index in [1.807, 2.05) is 11.3 Å². The average molecular weight is 700 g/mol. The molecular formula is C49H37N3S+2. The first kappa shape index (κ1) is 29.7. The summed E-state index contributed by atoms with van der Waals surface area (Å²) in [6.07, 6.45) is 7.32. The van der Waals surface area contributed by atoms with E-state index >= 15 is 0 Å². The average Bonchev–Trinajstić information content (AvgIpc) is 3.85. The molecule has 5 aromatic carbocycles. The van der Waals surface area contributed by atoms with Crippen LogP contribution in [0.1, 0.15) is 37.8 Å². The molecule has 0 saturated heterocycles. The van der Waals surface area contributed by atoms with Gasteiger partial charge in [0.25, 0.3) is 0 Å². The molecule has 252 valence electrons. The molecule has 2 unspecified atom stereocenters. The summed E-state index contributed by atoms with van der Waals surface area (Å²) in [6, 6.07) is 47.9. The van der Waals surface area contributed by atoms with Gasteiger partial charge in [-0.1, -0.05) is 54.6 Å². The van der Waals surface area contributed by atoms with Crippen LogP contribution >= 0.6 is 11.3 Å². The monoisotopic (exact) mass is 699 g/mol. The van der Waals surface area contributed by atoms with Crippen LogP contribution in [0.2, 0.25) is 0 Å². The number of rotatable bonds is 0. The van der Waals surface area contributed by atoms with E-state index in [-0.39, 0.29) is 11.0 Å². The lowest BCUT2D eigenvalue weighted by Gasteiger charge is -2.47. The van der Waals surface area contributed by atoms with Crippen molar-refractivity contribution in [2.24, 2.45) is 0 Å². The van der Waals surface area contributed by atoms with Crippen molar-refractivity contribution < 1.29 is 9.13 Å². The lowest BCUT2D eigenvalue weighted by atomic mass is 9.59. The number of hydrogen-bond acceptors (Lipinski definition) is 1. The summed E-state index contributed by atoms with van der Waals surface area (Å²) in [5.41, 5.74) is 12.4. The minimum atomic E-state index is -0.299. The maximum Gasteiger partial charge on any atom is 0.218 e. The number of nitrogens with zero attached hydrogens (tertiary/aromatic N) is 3. The molecule has 0 spiro atoms. The number of fused-ring (bicyclic) bond motifs is 19. The highest BCUT2D eigenvalue weighted by molar-refractivity contribution is 7.26. The van der Waals surface area contributed by atoms with Crippen LogP contribution in [0.15, 0.2) is 146 Å². The van der Waals surface area contributed by atoms with Gasteiger partial charge in [0.1, 0.15) is 0 Å². The predicted molar refractivity (Wildman–Crippen MR) is 221 cm³/mol. The van der Waals surface area contributed by atoms with Crippen LogP contribution in [0, 0.1) is 0 Å². The lowest BCUT2D eigenvalue weighted by Crippen LogP contribution is -2.68. The van der Waals surface area contributed by atoms with E-state index in [1.54, 1.807) is 0 Å². The molecule has 3 nitrogen and oxygen atoms in total. The van der Waals surface area contributed by atoms with E-state index in [1.165, 1.54) is 91.9 Å². The Morgan fingerprint density at radius 1 is 0.660 bits per heavy atom. The SMILES string of the molecule is C=C1CC2(C)[n+]3ccccc3-c3cc4c5c6sc7ccccc7c6cc6c7ccccc7n(c4cc3C2(C)CCc2ccccc2-c2cccc[n+]21)c65. The third-order valence-electron chi connectivity index (χ3n) is 13.3. The standard InChI is InChI=1S/C49H37N3S/c1-30-29-49(3)48(2,23-22-31-14-4-5-15-32(31)40-18-10-12-24-50(30)40)39-28-43-38(27-37(39)41-19-11-13-25-51(41)49)45-46-35(33-16-6-8-20-42(33)52(43)46)26-36-34-17-7-9-21-44(34)53-47(36)45/h4-21,24-28H,1,22-23,29H2,2-3H3/q+2. The Kier molecular flexibility index (Phi) is 5.71. The molecule has 0 radical (unpaired) electrons. The smallest absolute Gasteiger partial charge is 0.218 e. The number of allylic oxidation sites excluding steroid dienone is 1. The molecule has 10 aromatic rings. The molecule has 2 atom stereocenters. The van der Waals surface area contributed by atoms with Crippen molar-refractivity contribution >= 4 is 75.3 Å². The molecule has 0 aliphatic carbocycles. The van der Waals surface area contributed by atoms with Gasteiger partial charge in [-0.3, -0.25) is 0 Å². The highest BCUT2D eigenvalue weighted by atomic mass is 32.1. The Bertz CT molecular complexity index is 3220. The fourth-order valence-corrected chi connectivity index (χ4v) is 11.8. The first-order chi connectivity index (χ1) is 25.9. The summed E-state index contributed by atoms with van der Waals surface area (Å²) in [5, 5.41) is 8.10. The van der Waals surface area contributed by atoms with E-state index in [0.29, 0.717) is 0 Å². The summed E-state index contributed by atoms with van der Waals surface area (Å²) >= 11 is 1.94. The number of pyridine rings is 2. The van der Waals surface area contributed by atoms with Crippen LogP contribution < -0.4 is 9.13 Å². The van der Waals surface area contributed by atoms with E-state index in [0.717, 1.165) is 25.0 Å². The zero-order valence-electron chi connectivity index (χ0n) is 29.9. The summed E-state index contributed by atoms with van der Waals surface area (Å²) < 4.78 is 10.3. The highest BCUT2D eigenvalue weighted by Gasteiger charge is 2.59. The second-order valence-corrected chi connectivity index (χ2v) is 16.9. The molecule has 0 amide bonds. The molecule has 53 heavy (non-hydrogen) atoms. The van der Waals surface area contributed by atoms with Crippen molar-refractivity contribution in [2.75, 3.05) is 0 Å². The first-order valence-corrected chi connectivity index (χ1v) is 19.6. The largest absolute Gasteiger partial charge is 0.308 e. The zero-order valence-corrected chi connectivity index (χ0v) is 30.7. The van der Waals surface area contributed by atoms with E-state index in [9.17, 15) is 0 Å². The fourth-order valence-electron chi connectivity index (χ4n) is 10.6. The lowest BCUT2D eigenvalue weighted by molar-refractivity contribution is -0.766. The van der Waals surface area contributed by atoms with Crippen molar-refractivity contribution in [3.63, 3.8) is 0 Å². The van der Waals surface area contributed by atoms with Gasteiger partial charge in [0.15, 0.2) is 23.6 Å². The van der Waals surface area contributed by atoms with Gasteiger partial charge in [-0.15, -0.1) is 11.3 Å². The molecule has 0 bridgehead atoms. The number of aryl methyl sites for hydroxylation is 1. The molecule has 0 saturated carbocycles. The Morgan fingerprint density at radius 2 is 1.42 bits per heavy atom. The van der Waals surface area contributed by atoms with E-state index in [4.69, 9.17) is 6.58 Å². The second kappa shape index (κ2) is 10.2. The Balaban J connectivity index is 1.22. The van der Waals surface area contributed by atoms with Gasteiger partial charge in [-0.2, -0.15) is 9.13 Å². The van der Waals surface area contributed by atoms with Gasteiger partial charge in [-0.05, 0) is 86.0 Å². The van der Waals surface area contributed by atoms with Gasteiger partial charge in [0.2, 0.25) is 11.4 Å². The third kappa shape index (κ3) is 3.64. The second-order valence-electron chi connectivity index (χ2n) is 15.8. The zero-order chi connectivity index (χ0) is 35.2. The normalized spacial score (nSPS) is 19.8. The Morgan fingerprint density at radius 3 is 2.32 bits per heavy atom. The molecule has 2 aliphatic heterocycles. The molecule has 12 rings (SSSR count). The van der Waals surface area contributed by atoms with Crippen molar-refractivity contribution in [3.05, 3.63) is 157 Å². The van der Waals surface area contributed by atoms with E-state index in [2.05, 4.69) is 167 Å². The van der Waals surface area contributed by atoms with Gasteiger partial charge in [0, 0.05) is 78.5 Å². The third-order valence-corrected chi connectivity index (χ3v) is 14.5. The number of para-hydroxylation sites is 1. The van der Waals surface area contributed by atoms with Crippen molar-refractivity contribution in [2.45, 2.75) is 44.1 Å². The minimum Gasteiger partial charge on any atom is -0.308 e. The van der Waals surface area contributed by atoms with Crippen LogP contribution in [0.3, 0.4) is 0 Å². The van der Waals surface area contributed by atoms with Crippen molar-refractivity contribution in [3.8, 4) is 22.5 Å². The topological polar surface area (TPSA) is 12.2 Å². The molecule has 0 N–H and O–H groups in total. The van der Waals surface area contributed by atoms with Gasteiger partial charge >= 0.3 is 0 Å². The van der Waals surface area contributed by atoms with Crippen molar-refractivity contribution in [1.82, 2.24) is 4.40 Å². The minimum absolute atomic E-state index is 0.233. The molecule has 2 aliphatic rings. The number of thiophene rings is 1. The summed E-state index contributed by atoms with van der Waals surface area (Å²) in [4.78, 5) is 0. The Labute approximate surface area is 311 Å². The molecular weight excluding hydrogens is 663 g/mol. The maximum absolute atomic E-state index is 4.83. The number of aromatic nitrogens is 3. The summed E-state index contributed by atoms with van der Waals surface area (Å²) in [6.45, 7) is 9.87. The van der Waals surface area contributed by atoms with Crippen molar-refractivity contribution in [1.29, 1.82) is 0 Å². The van der Waals surface area contributed by atoms with Crippen LogP contribution in [-0.4, -0.2) is 4.40 Å². The van der Waals surface area contributed by atoms with Gasteiger partial charge in [0.05, 0.1) is 33.9 Å². The Hall–Kier alpha value is -5.84. The molecule has 0 fully saturated rings. The molecule has 5 aromatic heterocycles. The van der Waals surface area contributed by atoms with Gasteiger partial charge in [-0.25, -0.2) is 0 Å². The fraction of sp³-hybridized carbons (Fsp3) is 0.143. The van der Waals surface area contributed by atoms with Crippen LogP contribution in [0.5, 0.6) is 0 Å². The summed E-state index contributed by atoms with van der Waals surface area (Å²) in [5.74, 6) is 0. The molecule has 7 heterocycles. The first-order valence-electron chi connectivity index (χ1n) is 18.8. The van der Waals surface area contributed by atoms with Crippen LogP contribution in [0.4, 0.5) is 0 Å². The highest BCUT2D eigenvalue weighted by Crippen LogP contribution is 2.55. The van der Waals surface area contributed by atoms with Gasteiger partial charge < -0.3 is 4.40 Å². The molecule has 4 heteroatoms.